The van der Waals surface area contributed by atoms with E-state index in [-0.39, 0.29) is 13.1 Å². The van der Waals surface area contributed by atoms with E-state index >= 15 is 0 Å². The molecule has 1 aliphatic carbocycles. The van der Waals surface area contributed by atoms with Gasteiger partial charge in [0, 0.05) is 13.1 Å². The molecule has 0 atom stereocenters. The zero-order valence-corrected chi connectivity index (χ0v) is 16.2. The van der Waals surface area contributed by atoms with Gasteiger partial charge in [0.1, 0.15) is 5.70 Å². The average molecular weight is 387 g/mol. The van der Waals surface area contributed by atoms with Gasteiger partial charge in [-0.15, -0.1) is 0 Å². The molecule has 2 aromatic rings. The van der Waals surface area contributed by atoms with E-state index in [1.165, 1.54) is 17.4 Å². The SMILES string of the molecule is FC(F)(F)/C(=C\CC1CCCCC1)N(Cc1ccccc1)Cc1ccccc1. The van der Waals surface area contributed by atoms with Crippen LogP contribution in [-0.2, 0) is 13.1 Å². The van der Waals surface area contributed by atoms with E-state index < -0.39 is 11.9 Å². The van der Waals surface area contributed by atoms with Crippen molar-refractivity contribution in [3.8, 4) is 0 Å². The van der Waals surface area contributed by atoms with Crippen LogP contribution in [0.5, 0.6) is 0 Å². The first kappa shape index (κ1) is 20.5. The lowest BCUT2D eigenvalue weighted by Gasteiger charge is -2.30. The van der Waals surface area contributed by atoms with Crippen molar-refractivity contribution in [2.45, 2.75) is 57.8 Å². The van der Waals surface area contributed by atoms with Crippen LogP contribution < -0.4 is 0 Å². The van der Waals surface area contributed by atoms with E-state index in [2.05, 4.69) is 0 Å². The van der Waals surface area contributed by atoms with Gasteiger partial charge in [-0.25, -0.2) is 0 Å². The van der Waals surface area contributed by atoms with Gasteiger partial charge in [0.2, 0.25) is 0 Å². The second kappa shape index (κ2) is 9.81. The minimum absolute atomic E-state index is 0.242. The summed E-state index contributed by atoms with van der Waals surface area (Å²) in [5, 5.41) is 0. The van der Waals surface area contributed by atoms with Crippen LogP contribution in [0.3, 0.4) is 0 Å². The second-order valence-corrected chi connectivity index (χ2v) is 7.65. The maximum Gasteiger partial charge on any atom is 0.430 e. The Hall–Kier alpha value is -2.23. The fraction of sp³-hybridized carbons (Fsp3) is 0.417. The molecule has 4 heteroatoms. The quantitative estimate of drug-likeness (QED) is 0.489. The second-order valence-electron chi connectivity index (χ2n) is 7.65. The summed E-state index contributed by atoms with van der Waals surface area (Å²) in [6, 6.07) is 18.8. The molecule has 0 radical (unpaired) electrons. The Kier molecular flexibility index (Phi) is 7.18. The Bertz CT molecular complexity index is 690. The average Bonchev–Trinajstić information content (AvgIpc) is 2.69. The van der Waals surface area contributed by atoms with E-state index in [9.17, 15) is 13.2 Å². The normalized spacial score (nSPS) is 16.2. The van der Waals surface area contributed by atoms with Crippen molar-refractivity contribution < 1.29 is 13.2 Å². The Morgan fingerprint density at radius 3 is 1.79 bits per heavy atom. The molecule has 1 nitrogen and oxygen atoms in total. The minimum atomic E-state index is -4.36. The number of rotatable bonds is 7. The maximum atomic E-state index is 14.0. The monoisotopic (exact) mass is 387 g/mol. The van der Waals surface area contributed by atoms with Gasteiger partial charge >= 0.3 is 6.18 Å². The van der Waals surface area contributed by atoms with Crippen LogP contribution in [0.2, 0.25) is 0 Å². The summed E-state index contributed by atoms with van der Waals surface area (Å²) in [5.41, 5.74) is 1.25. The molecule has 0 spiro atoms. The first-order valence-corrected chi connectivity index (χ1v) is 10.1. The van der Waals surface area contributed by atoms with Crippen LogP contribution in [0.25, 0.3) is 0 Å². The molecular formula is C24H28F3N. The van der Waals surface area contributed by atoms with Crippen molar-refractivity contribution in [1.29, 1.82) is 0 Å². The number of hydrogen-bond acceptors (Lipinski definition) is 1. The summed E-state index contributed by atoms with van der Waals surface area (Å²) in [6.07, 6.45) is 3.16. The van der Waals surface area contributed by atoms with E-state index in [0.29, 0.717) is 12.3 Å². The third-order valence-corrected chi connectivity index (χ3v) is 5.43. The number of nitrogens with zero attached hydrogens (tertiary/aromatic N) is 1. The molecule has 0 N–H and O–H groups in total. The number of benzene rings is 2. The Morgan fingerprint density at radius 1 is 0.821 bits per heavy atom. The third kappa shape index (κ3) is 6.15. The van der Waals surface area contributed by atoms with Crippen LogP contribution in [0.15, 0.2) is 72.4 Å². The predicted molar refractivity (Wildman–Crippen MR) is 107 cm³/mol. The summed E-state index contributed by atoms with van der Waals surface area (Å²) in [4.78, 5) is 1.48. The van der Waals surface area contributed by atoms with Gasteiger partial charge in [0.15, 0.2) is 0 Å². The summed E-state index contributed by atoms with van der Waals surface area (Å²) < 4.78 is 42.1. The highest BCUT2D eigenvalue weighted by atomic mass is 19.4. The highest BCUT2D eigenvalue weighted by molar-refractivity contribution is 5.21. The fourth-order valence-corrected chi connectivity index (χ4v) is 3.96. The maximum absolute atomic E-state index is 14.0. The molecule has 150 valence electrons. The topological polar surface area (TPSA) is 3.24 Å². The van der Waals surface area contributed by atoms with Crippen LogP contribution in [0.4, 0.5) is 13.2 Å². The van der Waals surface area contributed by atoms with Crippen molar-refractivity contribution in [2.24, 2.45) is 5.92 Å². The lowest BCUT2D eigenvalue weighted by Crippen LogP contribution is -2.31. The van der Waals surface area contributed by atoms with Crippen molar-refractivity contribution >= 4 is 0 Å². The molecule has 0 aliphatic heterocycles. The first-order chi connectivity index (χ1) is 13.5. The molecule has 0 amide bonds. The predicted octanol–water partition coefficient (Wildman–Crippen LogP) is 7.11. The molecule has 0 heterocycles. The van der Waals surface area contributed by atoms with Gasteiger partial charge in [0.25, 0.3) is 0 Å². The first-order valence-electron chi connectivity index (χ1n) is 10.1. The van der Waals surface area contributed by atoms with Crippen LogP contribution in [-0.4, -0.2) is 11.1 Å². The molecule has 0 aromatic heterocycles. The standard InChI is InChI=1S/C24H28F3N/c25-24(26,27)23(17-16-20-10-4-1-5-11-20)28(18-21-12-6-2-7-13-21)19-22-14-8-3-9-15-22/h2-3,6-9,12-15,17,20H,1,4-5,10-11,16,18-19H2/b23-17+. The molecule has 2 aromatic carbocycles. The molecule has 1 saturated carbocycles. The molecule has 0 unspecified atom stereocenters. The van der Waals surface area contributed by atoms with E-state index in [1.807, 2.05) is 60.7 Å². The zero-order chi connectivity index (χ0) is 19.8. The number of halogens is 3. The van der Waals surface area contributed by atoms with Crippen molar-refractivity contribution in [3.63, 3.8) is 0 Å². The van der Waals surface area contributed by atoms with Gasteiger partial charge in [-0.05, 0) is 23.5 Å². The van der Waals surface area contributed by atoms with E-state index in [4.69, 9.17) is 0 Å². The fourth-order valence-electron chi connectivity index (χ4n) is 3.96. The lowest BCUT2D eigenvalue weighted by atomic mass is 9.87. The highest BCUT2D eigenvalue weighted by Crippen LogP contribution is 2.34. The van der Waals surface area contributed by atoms with Crippen LogP contribution in [0, 0.1) is 5.92 Å². The molecule has 0 bridgehead atoms. The van der Waals surface area contributed by atoms with Gasteiger partial charge in [-0.1, -0.05) is 98.8 Å². The van der Waals surface area contributed by atoms with Crippen molar-refractivity contribution in [1.82, 2.24) is 4.90 Å². The minimum Gasteiger partial charge on any atom is -0.359 e. The van der Waals surface area contributed by atoms with Crippen LogP contribution in [0.1, 0.15) is 49.7 Å². The Balaban J connectivity index is 1.85. The number of allylic oxidation sites excluding steroid dienone is 2. The van der Waals surface area contributed by atoms with E-state index in [0.717, 1.165) is 36.8 Å². The van der Waals surface area contributed by atoms with Crippen LogP contribution >= 0.6 is 0 Å². The highest BCUT2D eigenvalue weighted by Gasteiger charge is 2.37. The molecular weight excluding hydrogens is 359 g/mol. The number of alkyl halides is 3. The third-order valence-electron chi connectivity index (χ3n) is 5.43. The Morgan fingerprint density at radius 2 is 1.32 bits per heavy atom. The van der Waals surface area contributed by atoms with Gasteiger partial charge in [-0.3, -0.25) is 0 Å². The molecule has 1 fully saturated rings. The Labute approximate surface area is 165 Å². The summed E-state index contributed by atoms with van der Waals surface area (Å²) in [7, 11) is 0. The summed E-state index contributed by atoms with van der Waals surface area (Å²) in [5.74, 6) is 0.376. The smallest absolute Gasteiger partial charge is 0.359 e. The van der Waals surface area contributed by atoms with Crippen molar-refractivity contribution in [2.75, 3.05) is 0 Å². The van der Waals surface area contributed by atoms with E-state index in [1.54, 1.807) is 0 Å². The molecule has 3 rings (SSSR count). The largest absolute Gasteiger partial charge is 0.430 e. The van der Waals surface area contributed by atoms with Gasteiger partial charge in [0.05, 0.1) is 0 Å². The zero-order valence-electron chi connectivity index (χ0n) is 16.2. The van der Waals surface area contributed by atoms with Gasteiger partial charge in [-0.2, -0.15) is 13.2 Å². The molecule has 28 heavy (non-hydrogen) atoms. The number of hydrogen-bond donors (Lipinski definition) is 0. The lowest BCUT2D eigenvalue weighted by molar-refractivity contribution is -0.113. The molecule has 1 aliphatic rings. The summed E-state index contributed by atoms with van der Waals surface area (Å²) in [6.45, 7) is 0.484. The summed E-state index contributed by atoms with van der Waals surface area (Å²) >= 11 is 0. The molecule has 0 saturated heterocycles. The van der Waals surface area contributed by atoms with Crippen molar-refractivity contribution in [3.05, 3.63) is 83.6 Å². The van der Waals surface area contributed by atoms with Gasteiger partial charge < -0.3 is 4.90 Å².